The number of ether oxygens (including phenoxy) is 2. The van der Waals surface area contributed by atoms with Crippen molar-refractivity contribution in [1.29, 1.82) is 0 Å². The Morgan fingerprint density at radius 2 is 1.70 bits per heavy atom. The van der Waals surface area contributed by atoms with E-state index in [1.165, 1.54) is 0 Å². The molecule has 0 amide bonds. The number of hydrogen-bond acceptors (Lipinski definition) is 7. The normalized spacial score (nSPS) is 20.3. The molecule has 0 saturated carbocycles. The van der Waals surface area contributed by atoms with Gasteiger partial charge in [0.05, 0.1) is 33.0 Å². The Kier molecular flexibility index (Phi) is 4.48. The number of furan rings is 1. The van der Waals surface area contributed by atoms with Crippen molar-refractivity contribution in [2.45, 2.75) is 6.54 Å². The Morgan fingerprint density at radius 3 is 2.43 bits per heavy atom. The van der Waals surface area contributed by atoms with Crippen molar-refractivity contribution >= 4 is 32.8 Å². The van der Waals surface area contributed by atoms with Gasteiger partial charge in [-0.3, -0.25) is 4.90 Å². The molecule has 0 aromatic carbocycles. The summed E-state index contributed by atoms with van der Waals surface area (Å²) in [6.45, 7) is 7.27. The summed E-state index contributed by atoms with van der Waals surface area (Å²) < 4.78 is 17.5. The van der Waals surface area contributed by atoms with Gasteiger partial charge in [-0.05, 0) is 15.9 Å². The molecule has 0 atom stereocenters. The first kappa shape index (κ1) is 15.3. The van der Waals surface area contributed by atoms with Gasteiger partial charge in [-0.1, -0.05) is 0 Å². The summed E-state index contributed by atoms with van der Waals surface area (Å²) in [6.07, 6.45) is 0. The molecule has 2 fully saturated rings. The predicted octanol–water partition coefficient (Wildman–Crippen LogP) is 1.65. The summed E-state index contributed by atoms with van der Waals surface area (Å²) in [5.41, 5.74) is 1.61. The van der Waals surface area contributed by atoms with Crippen LogP contribution in [0.2, 0.25) is 0 Å². The van der Waals surface area contributed by atoms with Gasteiger partial charge in [0.2, 0.25) is 0 Å². The van der Waals surface area contributed by atoms with Gasteiger partial charge in [0.15, 0.2) is 16.1 Å². The second kappa shape index (κ2) is 6.72. The van der Waals surface area contributed by atoms with Crippen LogP contribution in [0.25, 0.3) is 11.1 Å². The average molecular weight is 383 g/mol. The smallest absolute Gasteiger partial charge is 0.199 e. The maximum atomic E-state index is 6.10. The molecule has 124 valence electrons. The molecule has 0 aliphatic carbocycles. The molecule has 2 saturated heterocycles. The number of aromatic nitrogens is 2. The number of halogens is 1. The van der Waals surface area contributed by atoms with Crippen LogP contribution in [0, 0.1) is 0 Å². The van der Waals surface area contributed by atoms with Gasteiger partial charge in [0, 0.05) is 32.2 Å². The molecule has 4 heterocycles. The molecule has 0 bridgehead atoms. The Labute approximate surface area is 142 Å². The van der Waals surface area contributed by atoms with Crippen LogP contribution in [0.4, 0.5) is 5.82 Å². The van der Waals surface area contributed by atoms with E-state index in [9.17, 15) is 0 Å². The highest BCUT2D eigenvalue weighted by Gasteiger charge is 2.21. The number of rotatable bonds is 3. The van der Waals surface area contributed by atoms with Crippen molar-refractivity contribution in [2.24, 2.45) is 0 Å². The van der Waals surface area contributed by atoms with Crippen molar-refractivity contribution in [3.05, 3.63) is 16.6 Å². The predicted molar refractivity (Wildman–Crippen MR) is 88.6 cm³/mol. The Hall–Kier alpha value is -1.22. The zero-order valence-corrected chi connectivity index (χ0v) is 14.4. The highest BCUT2D eigenvalue weighted by Crippen LogP contribution is 2.29. The van der Waals surface area contributed by atoms with E-state index in [0.717, 1.165) is 68.6 Å². The molecule has 0 unspecified atom stereocenters. The minimum Gasteiger partial charge on any atom is -0.454 e. The summed E-state index contributed by atoms with van der Waals surface area (Å²) in [5, 5.41) is 0. The molecule has 0 spiro atoms. The number of hydrogen-bond donors (Lipinski definition) is 0. The van der Waals surface area contributed by atoms with E-state index in [1.807, 2.05) is 6.07 Å². The second-order valence-electron chi connectivity index (χ2n) is 5.73. The van der Waals surface area contributed by atoms with Gasteiger partial charge in [-0.2, -0.15) is 0 Å². The van der Waals surface area contributed by atoms with Crippen molar-refractivity contribution in [3.8, 4) is 0 Å². The number of anilines is 1. The summed E-state index contributed by atoms with van der Waals surface area (Å²) in [6, 6.07) is 2.02. The van der Waals surface area contributed by atoms with E-state index in [4.69, 9.17) is 13.9 Å². The Morgan fingerprint density at radius 1 is 1.00 bits per heavy atom. The van der Waals surface area contributed by atoms with Crippen LogP contribution in [0.1, 0.15) is 5.76 Å². The second-order valence-corrected chi connectivity index (χ2v) is 6.44. The third-order valence-corrected chi connectivity index (χ3v) is 4.53. The molecule has 7 nitrogen and oxygen atoms in total. The van der Waals surface area contributed by atoms with Crippen LogP contribution in [0.5, 0.6) is 0 Å². The number of morpholine rings is 2. The zero-order valence-electron chi connectivity index (χ0n) is 12.8. The first-order valence-electron chi connectivity index (χ1n) is 7.88. The van der Waals surface area contributed by atoms with Crippen molar-refractivity contribution in [3.63, 3.8) is 0 Å². The van der Waals surface area contributed by atoms with Gasteiger partial charge in [0.25, 0.3) is 0 Å². The number of fused-ring (bicyclic) bond motifs is 1. The fourth-order valence-electron chi connectivity index (χ4n) is 2.98. The van der Waals surface area contributed by atoms with E-state index in [1.54, 1.807) is 0 Å². The first-order chi connectivity index (χ1) is 11.3. The third kappa shape index (κ3) is 3.35. The van der Waals surface area contributed by atoms with Crippen LogP contribution in [-0.4, -0.2) is 67.5 Å². The standard InChI is InChI=1S/C15H19BrN4O3/c16-15-17-12-9-11(10-19-1-5-21-6-2-19)23-13(12)14(18-15)20-3-7-22-8-4-20/h9H,1-8,10H2. The quantitative estimate of drug-likeness (QED) is 0.747. The van der Waals surface area contributed by atoms with E-state index >= 15 is 0 Å². The van der Waals surface area contributed by atoms with E-state index in [-0.39, 0.29) is 0 Å². The summed E-state index contributed by atoms with van der Waals surface area (Å²) in [7, 11) is 0. The monoisotopic (exact) mass is 382 g/mol. The lowest BCUT2D eigenvalue weighted by Crippen LogP contribution is -2.37. The highest BCUT2D eigenvalue weighted by atomic mass is 79.9. The van der Waals surface area contributed by atoms with Crippen molar-refractivity contribution < 1.29 is 13.9 Å². The number of nitrogens with zero attached hydrogens (tertiary/aromatic N) is 4. The van der Waals surface area contributed by atoms with Crippen LogP contribution >= 0.6 is 15.9 Å². The van der Waals surface area contributed by atoms with Crippen LogP contribution in [-0.2, 0) is 16.0 Å². The third-order valence-electron chi connectivity index (χ3n) is 4.17. The van der Waals surface area contributed by atoms with Crippen molar-refractivity contribution in [2.75, 3.05) is 57.5 Å². The zero-order chi connectivity index (χ0) is 15.6. The molecule has 4 rings (SSSR count). The first-order valence-corrected chi connectivity index (χ1v) is 8.68. The van der Waals surface area contributed by atoms with Gasteiger partial charge in [-0.15, -0.1) is 0 Å². The van der Waals surface area contributed by atoms with Crippen LogP contribution < -0.4 is 4.90 Å². The molecule has 23 heavy (non-hydrogen) atoms. The largest absolute Gasteiger partial charge is 0.454 e. The maximum Gasteiger partial charge on any atom is 0.199 e. The van der Waals surface area contributed by atoms with Crippen LogP contribution in [0.15, 0.2) is 15.2 Å². The highest BCUT2D eigenvalue weighted by molar-refractivity contribution is 9.10. The topological polar surface area (TPSA) is 63.9 Å². The lowest BCUT2D eigenvalue weighted by atomic mass is 10.3. The molecular formula is C15H19BrN4O3. The SMILES string of the molecule is Brc1nc(N2CCOCC2)c2oc(CN3CCOCC3)cc2n1. The fourth-order valence-corrected chi connectivity index (χ4v) is 3.34. The molecule has 2 aromatic heterocycles. The summed E-state index contributed by atoms with van der Waals surface area (Å²) >= 11 is 3.41. The summed E-state index contributed by atoms with van der Waals surface area (Å²) in [4.78, 5) is 13.5. The molecule has 2 aliphatic heterocycles. The van der Waals surface area contributed by atoms with Gasteiger partial charge >= 0.3 is 0 Å². The lowest BCUT2D eigenvalue weighted by molar-refractivity contribution is 0.0315. The molecule has 2 aromatic rings. The lowest BCUT2D eigenvalue weighted by Gasteiger charge is -2.27. The minimum atomic E-state index is 0.588. The van der Waals surface area contributed by atoms with E-state index in [0.29, 0.717) is 17.9 Å². The van der Waals surface area contributed by atoms with Gasteiger partial charge < -0.3 is 18.8 Å². The van der Waals surface area contributed by atoms with Crippen LogP contribution in [0.3, 0.4) is 0 Å². The molecule has 0 radical (unpaired) electrons. The van der Waals surface area contributed by atoms with Crippen molar-refractivity contribution in [1.82, 2.24) is 14.9 Å². The van der Waals surface area contributed by atoms with Gasteiger partial charge in [-0.25, -0.2) is 9.97 Å². The van der Waals surface area contributed by atoms with E-state index in [2.05, 4.69) is 35.7 Å². The minimum absolute atomic E-state index is 0.588. The molecular weight excluding hydrogens is 364 g/mol. The van der Waals surface area contributed by atoms with E-state index < -0.39 is 0 Å². The molecule has 0 N–H and O–H groups in total. The Bertz CT molecular complexity index is 681. The van der Waals surface area contributed by atoms with Gasteiger partial charge in [0.1, 0.15) is 11.3 Å². The summed E-state index contributed by atoms with van der Waals surface area (Å²) in [5.74, 6) is 1.77. The Balaban J connectivity index is 1.63. The molecule has 2 aliphatic rings. The average Bonchev–Trinajstić information content (AvgIpc) is 2.98. The molecule has 8 heteroatoms. The fraction of sp³-hybridized carbons (Fsp3) is 0.600. The maximum absolute atomic E-state index is 6.10.